The first kappa shape index (κ1) is 17.9. The summed E-state index contributed by atoms with van der Waals surface area (Å²) in [5.41, 5.74) is 2.33. The van der Waals surface area contributed by atoms with Gasteiger partial charge in [0.1, 0.15) is 0 Å². The second kappa shape index (κ2) is 8.49. The Bertz CT molecular complexity index is 630. The van der Waals surface area contributed by atoms with Crippen LogP contribution in [0.4, 0.5) is 0 Å². The number of nitrogens with zero attached hydrogens (tertiary/aromatic N) is 3. The van der Waals surface area contributed by atoms with Crippen LogP contribution in [0.2, 0.25) is 0 Å². The highest BCUT2D eigenvalue weighted by Gasteiger charge is 2.38. The second-order valence-corrected chi connectivity index (χ2v) is 7.28. The van der Waals surface area contributed by atoms with Crippen LogP contribution in [0, 0.1) is 12.3 Å². The summed E-state index contributed by atoms with van der Waals surface area (Å²) < 4.78 is 0. The Balaban J connectivity index is 1.92. The van der Waals surface area contributed by atoms with E-state index in [1.54, 1.807) is 0 Å². The fourth-order valence-corrected chi connectivity index (χ4v) is 4.29. The van der Waals surface area contributed by atoms with E-state index in [0.29, 0.717) is 0 Å². The molecule has 4 nitrogen and oxygen atoms in total. The van der Waals surface area contributed by atoms with E-state index in [0.717, 1.165) is 51.0 Å². The molecule has 2 atom stereocenters. The minimum absolute atomic E-state index is 0.0199. The molecule has 0 spiro atoms. The number of pyridine rings is 1. The Labute approximate surface area is 151 Å². The number of terminal acetylenes is 1. The van der Waals surface area contributed by atoms with Gasteiger partial charge in [0.15, 0.2) is 0 Å². The number of hydrogen-bond donors (Lipinski definition) is 0. The van der Waals surface area contributed by atoms with Crippen LogP contribution in [0.25, 0.3) is 0 Å². The van der Waals surface area contributed by atoms with Crippen molar-refractivity contribution in [1.29, 1.82) is 0 Å². The van der Waals surface area contributed by atoms with Crippen molar-refractivity contribution in [3.05, 3.63) is 29.6 Å². The van der Waals surface area contributed by atoms with Crippen LogP contribution < -0.4 is 0 Å². The van der Waals surface area contributed by atoms with Gasteiger partial charge in [0.25, 0.3) is 5.91 Å². The zero-order valence-corrected chi connectivity index (χ0v) is 15.3. The topological polar surface area (TPSA) is 36.4 Å². The third-order valence-electron chi connectivity index (χ3n) is 5.56. The van der Waals surface area contributed by atoms with Crippen LogP contribution in [0.15, 0.2) is 18.3 Å². The Morgan fingerprint density at radius 3 is 2.88 bits per heavy atom. The highest BCUT2D eigenvalue weighted by Crippen LogP contribution is 2.34. The average molecular weight is 339 g/mol. The number of piperidine rings is 1. The monoisotopic (exact) mass is 339 g/mol. The average Bonchev–Trinajstić information content (AvgIpc) is 2.66. The number of unbranched alkanes of at least 4 members (excludes halogenated alkanes) is 1. The van der Waals surface area contributed by atoms with E-state index in [4.69, 9.17) is 6.42 Å². The molecule has 0 N–H and O–H groups in total. The summed E-state index contributed by atoms with van der Waals surface area (Å²) in [4.78, 5) is 21.8. The Morgan fingerprint density at radius 1 is 1.36 bits per heavy atom. The van der Waals surface area contributed by atoms with Crippen LogP contribution in [0.1, 0.15) is 62.7 Å². The summed E-state index contributed by atoms with van der Waals surface area (Å²) in [5, 5.41) is 0. The van der Waals surface area contributed by atoms with E-state index in [1.165, 1.54) is 24.8 Å². The molecular formula is C21H29N3O. The van der Waals surface area contributed by atoms with Crippen molar-refractivity contribution in [2.24, 2.45) is 0 Å². The number of carbonyl (C=O) groups is 1. The first-order valence-electron chi connectivity index (χ1n) is 9.69. The third-order valence-corrected chi connectivity index (χ3v) is 5.56. The Morgan fingerprint density at radius 2 is 2.16 bits per heavy atom. The largest absolute Gasteiger partial charge is 0.319 e. The summed E-state index contributed by atoms with van der Waals surface area (Å²) in [5.74, 6) is 2.20. The van der Waals surface area contributed by atoms with Gasteiger partial charge in [-0.3, -0.25) is 9.78 Å². The SMILES string of the molecule is C#CC(=O)N1[C@@H](CCCC)Cc2cccnc2[C@@H]1CN1CCCCC1. The predicted molar refractivity (Wildman–Crippen MR) is 100.0 cm³/mol. The number of fused-ring (bicyclic) bond motifs is 1. The summed E-state index contributed by atoms with van der Waals surface area (Å²) in [6.07, 6.45) is 15.3. The molecule has 0 unspecified atom stereocenters. The molecule has 1 amide bonds. The predicted octanol–water partition coefficient (Wildman–Crippen LogP) is 3.19. The molecule has 4 heteroatoms. The van der Waals surface area contributed by atoms with Gasteiger partial charge in [0.05, 0.1) is 11.7 Å². The van der Waals surface area contributed by atoms with Gasteiger partial charge in [-0.15, -0.1) is 6.42 Å². The van der Waals surface area contributed by atoms with Gasteiger partial charge in [0.2, 0.25) is 0 Å². The highest BCUT2D eigenvalue weighted by molar-refractivity contribution is 5.93. The zero-order chi connectivity index (χ0) is 17.6. The molecule has 3 heterocycles. The molecule has 0 radical (unpaired) electrons. The van der Waals surface area contributed by atoms with E-state index in [1.807, 2.05) is 17.2 Å². The maximum absolute atomic E-state index is 12.6. The van der Waals surface area contributed by atoms with Crippen molar-refractivity contribution in [3.63, 3.8) is 0 Å². The smallest absolute Gasteiger partial charge is 0.299 e. The number of amides is 1. The molecule has 1 saturated heterocycles. The van der Waals surface area contributed by atoms with Gasteiger partial charge in [-0.2, -0.15) is 0 Å². The summed E-state index contributed by atoms with van der Waals surface area (Å²) in [7, 11) is 0. The lowest BCUT2D eigenvalue weighted by Crippen LogP contribution is -2.51. The number of rotatable bonds is 5. The maximum atomic E-state index is 12.6. The van der Waals surface area contributed by atoms with Gasteiger partial charge in [0, 0.05) is 18.8 Å². The fraction of sp³-hybridized carbons (Fsp3) is 0.619. The normalized spacial score (nSPS) is 23.8. The minimum atomic E-state index is -0.181. The van der Waals surface area contributed by atoms with Gasteiger partial charge in [-0.05, 0) is 56.3 Å². The molecule has 0 aromatic carbocycles. The summed E-state index contributed by atoms with van der Waals surface area (Å²) >= 11 is 0. The molecule has 0 aliphatic carbocycles. The van der Waals surface area contributed by atoms with Gasteiger partial charge >= 0.3 is 0 Å². The van der Waals surface area contributed by atoms with E-state index in [9.17, 15) is 4.79 Å². The molecule has 1 aromatic rings. The van der Waals surface area contributed by atoms with E-state index in [-0.39, 0.29) is 18.0 Å². The lowest BCUT2D eigenvalue weighted by atomic mass is 9.88. The highest BCUT2D eigenvalue weighted by atomic mass is 16.2. The van der Waals surface area contributed by atoms with Crippen molar-refractivity contribution in [3.8, 4) is 12.3 Å². The van der Waals surface area contributed by atoms with Crippen molar-refractivity contribution < 1.29 is 4.79 Å². The van der Waals surface area contributed by atoms with Gasteiger partial charge in [-0.25, -0.2) is 0 Å². The van der Waals surface area contributed by atoms with Crippen LogP contribution in [0.3, 0.4) is 0 Å². The Hall–Kier alpha value is -1.86. The van der Waals surface area contributed by atoms with Crippen LogP contribution in [-0.2, 0) is 11.2 Å². The molecule has 0 saturated carbocycles. The number of likely N-dealkylation sites (tertiary alicyclic amines) is 1. The first-order chi connectivity index (χ1) is 12.2. The lowest BCUT2D eigenvalue weighted by Gasteiger charge is -2.44. The quantitative estimate of drug-likeness (QED) is 0.773. The van der Waals surface area contributed by atoms with Gasteiger partial charge < -0.3 is 9.80 Å². The van der Waals surface area contributed by atoms with Crippen LogP contribution in [-0.4, -0.2) is 46.4 Å². The number of carbonyl (C=O) groups excluding carboxylic acids is 1. The van der Waals surface area contributed by atoms with Crippen LogP contribution in [0.5, 0.6) is 0 Å². The molecule has 134 valence electrons. The van der Waals surface area contributed by atoms with Crippen molar-refractivity contribution >= 4 is 5.91 Å². The molecule has 2 aliphatic rings. The molecule has 3 rings (SSSR count). The van der Waals surface area contributed by atoms with Gasteiger partial charge in [-0.1, -0.05) is 32.3 Å². The second-order valence-electron chi connectivity index (χ2n) is 7.28. The molecule has 1 aromatic heterocycles. The zero-order valence-electron chi connectivity index (χ0n) is 15.3. The standard InChI is InChI=1S/C21H29N3O/c1-3-5-11-18-15-17-10-9-12-22-21(17)19(24(18)20(25)4-2)16-23-13-7-6-8-14-23/h2,9-10,12,18-19H,3,5-8,11,13-16H2,1H3/t18-,19-/m0/s1. The molecular weight excluding hydrogens is 310 g/mol. The van der Waals surface area contributed by atoms with E-state index >= 15 is 0 Å². The summed E-state index contributed by atoms with van der Waals surface area (Å²) in [6.45, 7) is 5.25. The fourth-order valence-electron chi connectivity index (χ4n) is 4.29. The van der Waals surface area contributed by atoms with Crippen molar-refractivity contribution in [1.82, 2.24) is 14.8 Å². The lowest BCUT2D eigenvalue weighted by molar-refractivity contribution is -0.131. The Kier molecular flexibility index (Phi) is 6.09. The minimum Gasteiger partial charge on any atom is -0.319 e. The van der Waals surface area contributed by atoms with E-state index < -0.39 is 0 Å². The third kappa shape index (κ3) is 4.04. The molecule has 0 bridgehead atoms. The summed E-state index contributed by atoms with van der Waals surface area (Å²) in [6, 6.07) is 4.34. The molecule has 1 fully saturated rings. The first-order valence-corrected chi connectivity index (χ1v) is 9.69. The molecule has 2 aliphatic heterocycles. The van der Waals surface area contributed by atoms with Crippen molar-refractivity contribution in [2.45, 2.75) is 64.0 Å². The number of hydrogen-bond acceptors (Lipinski definition) is 3. The molecule has 25 heavy (non-hydrogen) atoms. The van der Waals surface area contributed by atoms with Crippen molar-refractivity contribution in [2.75, 3.05) is 19.6 Å². The van der Waals surface area contributed by atoms with Crippen LogP contribution >= 0.6 is 0 Å². The maximum Gasteiger partial charge on any atom is 0.299 e. The van der Waals surface area contributed by atoms with E-state index in [2.05, 4.69) is 28.8 Å². The number of aromatic nitrogens is 1.